The van der Waals surface area contributed by atoms with Crippen LogP contribution < -0.4 is 10.0 Å². The van der Waals surface area contributed by atoms with E-state index in [4.69, 9.17) is 0 Å². The van der Waals surface area contributed by atoms with Gasteiger partial charge in [-0.15, -0.1) is 12.4 Å². The van der Waals surface area contributed by atoms with E-state index in [0.717, 1.165) is 56.4 Å². The molecular formula is C18H28ClN3O3S. The van der Waals surface area contributed by atoms with Crippen LogP contribution in [0.15, 0.2) is 29.2 Å². The van der Waals surface area contributed by atoms with E-state index in [-0.39, 0.29) is 23.2 Å². The number of benzene rings is 1. The lowest BCUT2D eigenvalue weighted by Gasteiger charge is -2.21. The number of fused-ring (bicyclic) bond motifs is 1. The van der Waals surface area contributed by atoms with Gasteiger partial charge in [-0.2, -0.15) is 0 Å². The Hall–Kier alpha value is -1.15. The summed E-state index contributed by atoms with van der Waals surface area (Å²) in [5, 5.41) is 3.45. The normalized spacial score (nSPS) is 23.0. The number of nitrogens with one attached hydrogen (secondary N) is 2. The largest absolute Gasteiger partial charge is 0.343 e. The summed E-state index contributed by atoms with van der Waals surface area (Å²) in [7, 11) is -2.01. The number of hydrogen-bond donors (Lipinski definition) is 2. The second-order valence-electron chi connectivity index (χ2n) is 6.99. The zero-order valence-corrected chi connectivity index (χ0v) is 16.7. The van der Waals surface area contributed by atoms with Crippen molar-refractivity contribution in [3.8, 4) is 0 Å². The van der Waals surface area contributed by atoms with E-state index in [2.05, 4.69) is 10.0 Å². The summed E-state index contributed by atoms with van der Waals surface area (Å²) in [6, 6.07) is 6.75. The fourth-order valence-corrected chi connectivity index (χ4v) is 4.56. The van der Waals surface area contributed by atoms with Crippen molar-refractivity contribution in [2.24, 2.45) is 11.8 Å². The highest BCUT2D eigenvalue weighted by atomic mass is 35.5. The van der Waals surface area contributed by atoms with Crippen LogP contribution in [0, 0.1) is 11.8 Å². The molecule has 6 nitrogen and oxygen atoms in total. The molecule has 2 fully saturated rings. The summed E-state index contributed by atoms with van der Waals surface area (Å²) in [6.07, 6.45) is 3.31. The van der Waals surface area contributed by atoms with Crippen molar-refractivity contribution in [2.75, 3.05) is 33.2 Å². The molecule has 2 N–H and O–H groups in total. The Labute approximate surface area is 162 Å². The molecule has 146 valence electrons. The standard InChI is InChI=1S/C18H27N3O3S.ClH/c1-19-25(23,24)17-5-2-14(3-6-17)4-7-18(22)21-10-8-15-12-20-13-16(15)9-11-21;/h2-3,5-6,15-16,19-20H,4,7-13H2,1H3;1H/t15-,16+;. The predicted molar refractivity (Wildman–Crippen MR) is 104 cm³/mol. The minimum atomic E-state index is -3.41. The van der Waals surface area contributed by atoms with E-state index in [1.54, 1.807) is 24.3 Å². The molecule has 2 aliphatic rings. The minimum absolute atomic E-state index is 0. The predicted octanol–water partition coefficient (Wildman–Crippen LogP) is 1.41. The Morgan fingerprint density at radius 1 is 1.15 bits per heavy atom. The van der Waals surface area contributed by atoms with Crippen LogP contribution in [0.2, 0.25) is 0 Å². The molecule has 0 spiro atoms. The van der Waals surface area contributed by atoms with E-state index in [9.17, 15) is 13.2 Å². The molecule has 1 aromatic carbocycles. The minimum Gasteiger partial charge on any atom is -0.343 e. The van der Waals surface area contributed by atoms with Crippen molar-refractivity contribution in [3.05, 3.63) is 29.8 Å². The summed E-state index contributed by atoms with van der Waals surface area (Å²) in [4.78, 5) is 14.8. The van der Waals surface area contributed by atoms with Crippen LogP contribution in [-0.4, -0.2) is 52.5 Å². The zero-order chi connectivity index (χ0) is 17.9. The smallest absolute Gasteiger partial charge is 0.240 e. The van der Waals surface area contributed by atoms with Crippen LogP contribution in [0.1, 0.15) is 24.8 Å². The molecule has 2 aliphatic heterocycles. The maximum absolute atomic E-state index is 12.5. The van der Waals surface area contributed by atoms with Crippen molar-refractivity contribution in [3.63, 3.8) is 0 Å². The van der Waals surface area contributed by atoms with Gasteiger partial charge in [0, 0.05) is 19.5 Å². The molecule has 2 saturated heterocycles. The molecule has 26 heavy (non-hydrogen) atoms. The van der Waals surface area contributed by atoms with Gasteiger partial charge in [0.2, 0.25) is 15.9 Å². The maximum atomic E-state index is 12.5. The van der Waals surface area contributed by atoms with Gasteiger partial charge < -0.3 is 10.2 Å². The lowest BCUT2D eigenvalue weighted by Crippen LogP contribution is -2.32. The quantitative estimate of drug-likeness (QED) is 0.781. The third-order valence-corrected chi connectivity index (χ3v) is 6.93. The van der Waals surface area contributed by atoms with Gasteiger partial charge in [-0.05, 0) is 68.9 Å². The zero-order valence-electron chi connectivity index (χ0n) is 15.1. The highest BCUT2D eigenvalue weighted by Gasteiger charge is 2.31. The number of halogens is 1. The first kappa shape index (κ1) is 21.2. The molecule has 2 heterocycles. The van der Waals surface area contributed by atoms with E-state index in [1.165, 1.54) is 7.05 Å². The summed E-state index contributed by atoms with van der Waals surface area (Å²) in [6.45, 7) is 3.91. The van der Waals surface area contributed by atoms with Crippen LogP contribution in [-0.2, 0) is 21.2 Å². The van der Waals surface area contributed by atoms with Gasteiger partial charge in [0.25, 0.3) is 0 Å². The highest BCUT2D eigenvalue weighted by molar-refractivity contribution is 7.89. The number of aryl methyl sites for hydroxylation is 1. The van der Waals surface area contributed by atoms with Crippen molar-refractivity contribution in [2.45, 2.75) is 30.6 Å². The van der Waals surface area contributed by atoms with E-state index in [1.807, 2.05) is 4.90 Å². The number of amides is 1. The first-order valence-electron chi connectivity index (χ1n) is 9.00. The van der Waals surface area contributed by atoms with Gasteiger partial charge in [-0.3, -0.25) is 4.79 Å². The van der Waals surface area contributed by atoms with Crippen molar-refractivity contribution < 1.29 is 13.2 Å². The molecule has 8 heteroatoms. The fraction of sp³-hybridized carbons (Fsp3) is 0.611. The lowest BCUT2D eigenvalue weighted by atomic mass is 9.92. The van der Waals surface area contributed by atoms with Crippen molar-refractivity contribution >= 4 is 28.3 Å². The summed E-state index contributed by atoms with van der Waals surface area (Å²) in [5.74, 6) is 1.65. The molecule has 3 rings (SSSR count). The molecule has 0 bridgehead atoms. The Balaban J connectivity index is 0.00000243. The fourth-order valence-electron chi connectivity index (χ4n) is 3.83. The molecule has 0 saturated carbocycles. The molecule has 0 aliphatic carbocycles. The Morgan fingerprint density at radius 2 is 1.73 bits per heavy atom. The van der Waals surface area contributed by atoms with Crippen LogP contribution in [0.4, 0.5) is 0 Å². The molecule has 0 unspecified atom stereocenters. The second-order valence-corrected chi connectivity index (χ2v) is 8.87. The van der Waals surface area contributed by atoms with Crippen molar-refractivity contribution in [1.29, 1.82) is 0 Å². The number of carbonyl (C=O) groups is 1. The average molecular weight is 402 g/mol. The molecular weight excluding hydrogens is 374 g/mol. The molecule has 0 aromatic heterocycles. The third kappa shape index (κ3) is 4.97. The lowest BCUT2D eigenvalue weighted by molar-refractivity contribution is -0.131. The Bertz CT molecular complexity index is 695. The van der Waals surface area contributed by atoms with Gasteiger partial charge in [0.1, 0.15) is 0 Å². The Morgan fingerprint density at radius 3 is 2.27 bits per heavy atom. The van der Waals surface area contributed by atoms with E-state index >= 15 is 0 Å². The van der Waals surface area contributed by atoms with Gasteiger partial charge >= 0.3 is 0 Å². The van der Waals surface area contributed by atoms with E-state index < -0.39 is 10.0 Å². The van der Waals surface area contributed by atoms with Gasteiger partial charge in [-0.25, -0.2) is 13.1 Å². The number of likely N-dealkylation sites (tertiary alicyclic amines) is 1. The molecule has 0 radical (unpaired) electrons. The summed E-state index contributed by atoms with van der Waals surface area (Å²) in [5.41, 5.74) is 0.985. The number of rotatable bonds is 5. The molecule has 1 amide bonds. The van der Waals surface area contributed by atoms with Crippen LogP contribution in [0.25, 0.3) is 0 Å². The average Bonchev–Trinajstić information content (AvgIpc) is 2.98. The SMILES string of the molecule is CNS(=O)(=O)c1ccc(CCC(=O)N2CC[C@@H]3CNC[C@@H]3CC2)cc1.Cl. The van der Waals surface area contributed by atoms with E-state index in [0.29, 0.717) is 12.8 Å². The number of hydrogen-bond acceptors (Lipinski definition) is 4. The first-order valence-corrected chi connectivity index (χ1v) is 10.5. The molecule has 1 aromatic rings. The topological polar surface area (TPSA) is 78.5 Å². The van der Waals surface area contributed by atoms with Crippen LogP contribution >= 0.6 is 12.4 Å². The maximum Gasteiger partial charge on any atom is 0.240 e. The van der Waals surface area contributed by atoms with Gasteiger partial charge in [0.05, 0.1) is 4.90 Å². The number of carbonyl (C=O) groups excluding carboxylic acids is 1. The summed E-state index contributed by atoms with van der Waals surface area (Å²) >= 11 is 0. The first-order chi connectivity index (χ1) is 12.0. The monoisotopic (exact) mass is 401 g/mol. The second kappa shape index (κ2) is 9.17. The van der Waals surface area contributed by atoms with Gasteiger partial charge in [0.15, 0.2) is 0 Å². The summed E-state index contributed by atoms with van der Waals surface area (Å²) < 4.78 is 25.7. The van der Waals surface area contributed by atoms with Crippen LogP contribution in [0.3, 0.4) is 0 Å². The van der Waals surface area contributed by atoms with Crippen molar-refractivity contribution in [1.82, 2.24) is 14.9 Å². The number of nitrogens with zero attached hydrogens (tertiary/aromatic N) is 1. The van der Waals surface area contributed by atoms with Crippen LogP contribution in [0.5, 0.6) is 0 Å². The number of sulfonamides is 1. The third-order valence-electron chi connectivity index (χ3n) is 5.50. The Kier molecular flexibility index (Phi) is 7.46. The molecule has 2 atom stereocenters. The highest BCUT2D eigenvalue weighted by Crippen LogP contribution is 2.27. The van der Waals surface area contributed by atoms with Gasteiger partial charge in [-0.1, -0.05) is 12.1 Å².